The molecular formula is C35H37Cl2N5O2. The fourth-order valence-corrected chi connectivity index (χ4v) is 5.60. The molecule has 2 amide bonds. The van der Waals surface area contributed by atoms with Crippen LogP contribution in [0.4, 0.5) is 11.5 Å². The third-order valence-corrected chi connectivity index (χ3v) is 7.95. The molecule has 0 bridgehead atoms. The number of nitrogens with zero attached hydrogens (tertiary/aromatic N) is 3. The Morgan fingerprint density at radius 3 is 2.34 bits per heavy atom. The molecule has 0 atom stereocenters. The monoisotopic (exact) mass is 629 g/mol. The molecule has 0 spiro atoms. The smallest absolute Gasteiger partial charge is 0.300 e. The third kappa shape index (κ3) is 9.19. The van der Waals surface area contributed by atoms with E-state index in [9.17, 15) is 9.59 Å². The number of hydrogen-bond donors (Lipinski definition) is 2. The number of aryl methyl sites for hydroxylation is 1. The summed E-state index contributed by atoms with van der Waals surface area (Å²) >= 11 is 12.4. The van der Waals surface area contributed by atoms with Gasteiger partial charge in [-0.15, -0.1) is 0 Å². The van der Waals surface area contributed by atoms with Crippen LogP contribution in [0.15, 0.2) is 66.7 Å². The molecule has 0 unspecified atom stereocenters. The number of halogens is 2. The van der Waals surface area contributed by atoms with Crippen LogP contribution in [0.5, 0.6) is 0 Å². The van der Waals surface area contributed by atoms with Gasteiger partial charge in [0.15, 0.2) is 0 Å². The van der Waals surface area contributed by atoms with Crippen molar-refractivity contribution in [2.24, 2.45) is 11.8 Å². The molecule has 1 aliphatic carbocycles. The summed E-state index contributed by atoms with van der Waals surface area (Å²) in [5, 5.41) is 7.22. The average Bonchev–Trinajstić information content (AvgIpc) is 3.01. The Balaban J connectivity index is 0.000000262. The van der Waals surface area contributed by atoms with Crippen molar-refractivity contribution in [2.75, 3.05) is 30.9 Å². The summed E-state index contributed by atoms with van der Waals surface area (Å²) in [5.74, 6) is 7.44. The molecule has 0 radical (unpaired) electrons. The molecule has 2 N–H and O–H groups in total. The zero-order valence-electron chi connectivity index (χ0n) is 25.5. The lowest BCUT2D eigenvalue weighted by atomic mass is 9.83. The summed E-state index contributed by atoms with van der Waals surface area (Å²) in [5.41, 5.74) is 2.16. The molecule has 5 rings (SSSR count). The van der Waals surface area contributed by atoms with E-state index in [-0.39, 0.29) is 22.2 Å². The number of hydrogen-bond acceptors (Lipinski definition) is 5. The highest BCUT2D eigenvalue weighted by Gasteiger charge is 2.21. The summed E-state index contributed by atoms with van der Waals surface area (Å²) in [6, 6.07) is 20.2. The quantitative estimate of drug-likeness (QED) is 0.223. The van der Waals surface area contributed by atoms with Gasteiger partial charge in [0.1, 0.15) is 11.6 Å². The largest absolute Gasteiger partial charge is 0.362 e. The van der Waals surface area contributed by atoms with Gasteiger partial charge in [-0.3, -0.25) is 9.59 Å². The van der Waals surface area contributed by atoms with Gasteiger partial charge in [0.05, 0.1) is 21.8 Å². The second-order valence-electron chi connectivity index (χ2n) is 11.2. The Hall–Kier alpha value is -4.12. The average molecular weight is 631 g/mol. The summed E-state index contributed by atoms with van der Waals surface area (Å²) < 4.78 is 0. The summed E-state index contributed by atoms with van der Waals surface area (Å²) in [6.07, 6.45) is 4.59. The highest BCUT2D eigenvalue weighted by Crippen LogP contribution is 2.31. The number of amides is 2. The van der Waals surface area contributed by atoms with Gasteiger partial charge in [0.25, 0.3) is 5.91 Å². The number of rotatable bonds is 5. The lowest BCUT2D eigenvalue weighted by molar-refractivity contribution is -0.111. The standard InChI is InChI=1S/C24H24Cl2N2O2.C11H13N3/c1-16-7-9-18(10-8-16)15-27-24(30)20-13-19(25)14-21(26)23(20)28-22(29)12-11-17-5-3-2-4-6-17;1-8-12-10-7-5-4-6-9(10)11(13-8)14(2)3/h2-6,13-14,16,18H,7-10,15H2,1H3,(H,27,30)(H,28,29);4-7H,1-3H3. The minimum atomic E-state index is -0.557. The van der Waals surface area contributed by atoms with Gasteiger partial charge in [0.2, 0.25) is 0 Å². The van der Waals surface area contributed by atoms with E-state index in [1.54, 1.807) is 12.1 Å². The number of para-hydroxylation sites is 1. The molecular weight excluding hydrogens is 593 g/mol. The summed E-state index contributed by atoms with van der Waals surface area (Å²) in [6.45, 7) is 4.77. The first kappa shape index (κ1) is 32.8. The number of aromatic nitrogens is 2. The van der Waals surface area contributed by atoms with Crippen molar-refractivity contribution in [1.29, 1.82) is 0 Å². The van der Waals surface area contributed by atoms with Gasteiger partial charge in [-0.05, 0) is 68.0 Å². The lowest BCUT2D eigenvalue weighted by Gasteiger charge is -2.26. The van der Waals surface area contributed by atoms with Crippen molar-refractivity contribution in [3.05, 3.63) is 93.7 Å². The van der Waals surface area contributed by atoms with Gasteiger partial charge in [0, 0.05) is 42.5 Å². The first-order valence-corrected chi connectivity index (χ1v) is 15.4. The molecule has 3 aromatic carbocycles. The van der Waals surface area contributed by atoms with Crippen molar-refractivity contribution in [3.8, 4) is 11.8 Å². The first-order valence-electron chi connectivity index (χ1n) is 14.7. The van der Waals surface area contributed by atoms with Crippen molar-refractivity contribution < 1.29 is 9.59 Å². The molecule has 1 heterocycles. The van der Waals surface area contributed by atoms with Crippen LogP contribution in [0, 0.1) is 30.6 Å². The maximum Gasteiger partial charge on any atom is 0.300 e. The van der Waals surface area contributed by atoms with Gasteiger partial charge in [-0.1, -0.05) is 79.2 Å². The normalized spacial score (nSPS) is 15.7. The SMILES string of the molecule is CC1CCC(CNC(=O)c2cc(Cl)cc(Cl)c2NC(=O)C#Cc2ccccc2)CC1.Cc1nc(N(C)C)c2ccccc2n1. The molecule has 228 valence electrons. The number of anilines is 2. The predicted molar refractivity (Wildman–Crippen MR) is 180 cm³/mol. The number of fused-ring (bicyclic) bond motifs is 1. The molecule has 7 nitrogen and oxygen atoms in total. The fourth-order valence-electron chi connectivity index (χ4n) is 5.05. The first-order chi connectivity index (χ1) is 21.1. The van der Waals surface area contributed by atoms with E-state index in [4.69, 9.17) is 23.2 Å². The molecule has 1 aliphatic rings. The number of carbonyl (C=O) groups excluding carboxylic acids is 2. The molecule has 9 heteroatoms. The Kier molecular flexibility index (Phi) is 11.6. The number of carbonyl (C=O) groups is 2. The highest BCUT2D eigenvalue weighted by atomic mass is 35.5. The van der Waals surface area contributed by atoms with Crippen LogP contribution in [0.25, 0.3) is 10.9 Å². The number of nitrogens with one attached hydrogen (secondary N) is 2. The van der Waals surface area contributed by atoms with Gasteiger partial charge in [-0.25, -0.2) is 9.97 Å². The van der Waals surface area contributed by atoms with Crippen LogP contribution in [-0.4, -0.2) is 42.4 Å². The second-order valence-corrected chi connectivity index (χ2v) is 12.1. The maximum absolute atomic E-state index is 12.8. The summed E-state index contributed by atoms with van der Waals surface area (Å²) in [4.78, 5) is 36.0. The zero-order chi connectivity index (χ0) is 31.6. The van der Waals surface area contributed by atoms with Crippen LogP contribution < -0.4 is 15.5 Å². The number of benzene rings is 3. The molecule has 0 aliphatic heterocycles. The van der Waals surface area contributed by atoms with Crippen molar-refractivity contribution in [3.63, 3.8) is 0 Å². The Morgan fingerprint density at radius 1 is 0.955 bits per heavy atom. The minimum Gasteiger partial charge on any atom is -0.362 e. The summed E-state index contributed by atoms with van der Waals surface area (Å²) in [7, 11) is 3.99. The molecule has 1 aromatic heterocycles. The van der Waals surface area contributed by atoms with Crippen LogP contribution in [0.3, 0.4) is 0 Å². The molecule has 44 heavy (non-hydrogen) atoms. The maximum atomic E-state index is 12.8. The third-order valence-electron chi connectivity index (χ3n) is 7.44. The van der Waals surface area contributed by atoms with E-state index in [0.717, 1.165) is 46.9 Å². The van der Waals surface area contributed by atoms with E-state index in [0.29, 0.717) is 17.5 Å². The molecule has 1 saturated carbocycles. The minimum absolute atomic E-state index is 0.189. The Labute approximate surface area is 269 Å². The van der Waals surface area contributed by atoms with Crippen LogP contribution in [0.1, 0.15) is 54.4 Å². The van der Waals surface area contributed by atoms with Gasteiger partial charge in [-0.2, -0.15) is 0 Å². The Morgan fingerprint density at radius 2 is 1.64 bits per heavy atom. The topological polar surface area (TPSA) is 87.2 Å². The van der Waals surface area contributed by atoms with Crippen molar-refractivity contribution in [2.45, 2.75) is 39.5 Å². The molecule has 1 fully saturated rings. The van der Waals surface area contributed by atoms with Crippen molar-refractivity contribution >= 4 is 57.4 Å². The van der Waals surface area contributed by atoms with Gasteiger partial charge >= 0.3 is 5.91 Å². The molecule has 0 saturated heterocycles. The Bertz CT molecular complexity index is 1670. The van der Waals surface area contributed by atoms with E-state index < -0.39 is 5.91 Å². The van der Waals surface area contributed by atoms with E-state index in [1.165, 1.54) is 25.0 Å². The molecule has 4 aromatic rings. The van der Waals surface area contributed by atoms with E-state index >= 15 is 0 Å². The van der Waals surface area contributed by atoms with Crippen molar-refractivity contribution in [1.82, 2.24) is 15.3 Å². The zero-order valence-corrected chi connectivity index (χ0v) is 27.0. The predicted octanol–water partition coefficient (Wildman–Crippen LogP) is 7.54. The van der Waals surface area contributed by atoms with Crippen LogP contribution >= 0.6 is 23.2 Å². The fraction of sp³-hybridized carbons (Fsp3) is 0.314. The lowest BCUT2D eigenvalue weighted by Crippen LogP contribution is -2.31. The van der Waals surface area contributed by atoms with Gasteiger partial charge < -0.3 is 15.5 Å². The second kappa shape index (κ2) is 15.6. The van der Waals surface area contributed by atoms with E-state index in [1.807, 2.05) is 68.4 Å². The van der Waals surface area contributed by atoms with E-state index in [2.05, 4.69) is 39.4 Å². The van der Waals surface area contributed by atoms with Crippen LogP contribution in [0.2, 0.25) is 10.0 Å². The highest BCUT2D eigenvalue weighted by molar-refractivity contribution is 6.38. The van der Waals surface area contributed by atoms with Crippen LogP contribution in [-0.2, 0) is 4.79 Å².